The van der Waals surface area contributed by atoms with Crippen molar-refractivity contribution in [3.63, 3.8) is 0 Å². The predicted octanol–water partition coefficient (Wildman–Crippen LogP) is 2.68. The second kappa shape index (κ2) is 7.66. The van der Waals surface area contributed by atoms with Crippen molar-refractivity contribution in [2.45, 2.75) is 19.6 Å². The molecule has 0 saturated heterocycles. The van der Waals surface area contributed by atoms with E-state index in [9.17, 15) is 4.79 Å². The van der Waals surface area contributed by atoms with E-state index in [2.05, 4.69) is 17.1 Å². The Morgan fingerprint density at radius 3 is 2.68 bits per heavy atom. The Kier molecular flexibility index (Phi) is 5.61. The van der Waals surface area contributed by atoms with Crippen LogP contribution in [0.1, 0.15) is 23.2 Å². The molecule has 0 radical (unpaired) electrons. The average Bonchev–Trinajstić information content (AvgIpc) is 3.01. The summed E-state index contributed by atoms with van der Waals surface area (Å²) in [5, 5.41) is 2.89. The second-order valence-corrected chi connectivity index (χ2v) is 5.20. The smallest absolute Gasteiger partial charge is 0.287 e. The molecule has 1 atom stereocenters. The van der Waals surface area contributed by atoms with E-state index in [1.54, 1.807) is 19.2 Å². The fraction of sp³-hybridized carbons (Fsp3) is 0.353. The van der Waals surface area contributed by atoms with Crippen LogP contribution in [0.5, 0.6) is 0 Å². The lowest BCUT2D eigenvalue weighted by Crippen LogP contribution is -2.40. The number of likely N-dealkylation sites (N-methyl/N-ethyl adjacent to an activating group) is 1. The second-order valence-electron chi connectivity index (χ2n) is 5.20. The molecule has 1 aromatic heterocycles. The summed E-state index contributed by atoms with van der Waals surface area (Å²) >= 11 is 0. The van der Waals surface area contributed by atoms with Gasteiger partial charge in [-0.2, -0.15) is 0 Å². The van der Waals surface area contributed by atoms with Gasteiger partial charge in [-0.15, -0.1) is 0 Å². The van der Waals surface area contributed by atoms with E-state index in [1.807, 2.05) is 37.4 Å². The number of amides is 1. The molecule has 22 heavy (non-hydrogen) atoms. The van der Waals surface area contributed by atoms with Crippen LogP contribution < -0.4 is 10.2 Å². The summed E-state index contributed by atoms with van der Waals surface area (Å²) in [7, 11) is 3.60. The summed E-state index contributed by atoms with van der Waals surface area (Å²) in [6.45, 7) is 2.96. The van der Waals surface area contributed by atoms with Crippen molar-refractivity contribution < 1.29 is 13.9 Å². The summed E-state index contributed by atoms with van der Waals surface area (Å²) in [5.41, 5.74) is 1.12. The minimum absolute atomic E-state index is 0.166. The minimum atomic E-state index is -0.212. The van der Waals surface area contributed by atoms with Gasteiger partial charge >= 0.3 is 0 Å². The molecule has 2 rings (SSSR count). The zero-order valence-electron chi connectivity index (χ0n) is 13.2. The molecule has 1 amide bonds. The molecule has 5 nitrogen and oxygen atoms in total. The van der Waals surface area contributed by atoms with Gasteiger partial charge in [0.15, 0.2) is 5.76 Å². The summed E-state index contributed by atoms with van der Waals surface area (Å²) in [6.07, 6.45) is 0. The van der Waals surface area contributed by atoms with E-state index in [1.165, 1.54) is 0 Å². The van der Waals surface area contributed by atoms with Gasteiger partial charge in [0.25, 0.3) is 5.91 Å². The first-order valence-corrected chi connectivity index (χ1v) is 7.25. The number of carbonyl (C=O) groups excluding carboxylic acids is 1. The van der Waals surface area contributed by atoms with Gasteiger partial charge < -0.3 is 19.4 Å². The van der Waals surface area contributed by atoms with Crippen LogP contribution in [0, 0.1) is 0 Å². The van der Waals surface area contributed by atoms with Crippen molar-refractivity contribution in [1.82, 2.24) is 5.32 Å². The number of para-hydroxylation sites is 1. The van der Waals surface area contributed by atoms with Gasteiger partial charge in [0, 0.05) is 32.4 Å². The van der Waals surface area contributed by atoms with E-state index in [0.29, 0.717) is 24.7 Å². The van der Waals surface area contributed by atoms with Gasteiger partial charge in [0.05, 0.1) is 0 Å². The lowest BCUT2D eigenvalue weighted by atomic mass is 10.2. The Morgan fingerprint density at radius 1 is 1.27 bits per heavy atom. The van der Waals surface area contributed by atoms with Crippen LogP contribution >= 0.6 is 0 Å². The van der Waals surface area contributed by atoms with Gasteiger partial charge in [-0.1, -0.05) is 18.2 Å². The Balaban J connectivity index is 1.87. The van der Waals surface area contributed by atoms with Crippen molar-refractivity contribution >= 4 is 11.6 Å². The highest BCUT2D eigenvalue weighted by molar-refractivity contribution is 5.91. The Morgan fingerprint density at radius 2 is 2.00 bits per heavy atom. The first-order chi connectivity index (χ1) is 10.6. The topological polar surface area (TPSA) is 54.7 Å². The van der Waals surface area contributed by atoms with Crippen molar-refractivity contribution in [2.75, 3.05) is 25.6 Å². The summed E-state index contributed by atoms with van der Waals surface area (Å²) in [5.74, 6) is 0.736. The molecule has 1 unspecified atom stereocenters. The molecule has 0 fully saturated rings. The average molecular weight is 302 g/mol. The van der Waals surface area contributed by atoms with Crippen molar-refractivity contribution in [1.29, 1.82) is 0 Å². The molecule has 0 saturated carbocycles. The fourth-order valence-corrected chi connectivity index (χ4v) is 2.10. The van der Waals surface area contributed by atoms with Crippen molar-refractivity contribution in [3.05, 3.63) is 54.0 Å². The number of hydrogen-bond donors (Lipinski definition) is 1. The van der Waals surface area contributed by atoms with Crippen molar-refractivity contribution in [2.24, 2.45) is 0 Å². The summed E-state index contributed by atoms with van der Waals surface area (Å²) in [4.78, 5) is 14.2. The Hall–Kier alpha value is -2.27. The fourth-order valence-electron chi connectivity index (χ4n) is 2.10. The zero-order valence-corrected chi connectivity index (χ0v) is 13.2. The highest BCUT2D eigenvalue weighted by atomic mass is 16.5. The molecule has 1 N–H and O–H groups in total. The normalized spacial score (nSPS) is 12.0. The van der Waals surface area contributed by atoms with Gasteiger partial charge in [-0.25, -0.2) is 0 Å². The largest absolute Gasteiger partial charge is 0.453 e. The van der Waals surface area contributed by atoms with E-state index in [0.717, 1.165) is 5.69 Å². The number of furan rings is 1. The third kappa shape index (κ3) is 4.11. The molecule has 5 heteroatoms. The van der Waals surface area contributed by atoms with Crippen LogP contribution in [0.15, 0.2) is 46.9 Å². The molecular formula is C17H22N2O3. The number of carbonyl (C=O) groups is 1. The van der Waals surface area contributed by atoms with Crippen LogP contribution in [0.4, 0.5) is 5.69 Å². The molecule has 0 aliphatic heterocycles. The molecule has 0 spiro atoms. The van der Waals surface area contributed by atoms with Gasteiger partial charge in [0.1, 0.15) is 12.4 Å². The maximum atomic E-state index is 12.1. The molecule has 0 aliphatic rings. The first-order valence-electron chi connectivity index (χ1n) is 7.25. The number of ether oxygens (including phenoxy) is 1. The summed E-state index contributed by atoms with van der Waals surface area (Å²) < 4.78 is 10.4. The Bertz CT molecular complexity index is 595. The molecule has 1 aromatic carbocycles. The van der Waals surface area contributed by atoms with Gasteiger partial charge in [0.2, 0.25) is 0 Å². The van der Waals surface area contributed by atoms with E-state index in [4.69, 9.17) is 9.15 Å². The van der Waals surface area contributed by atoms with Crippen LogP contribution in [-0.2, 0) is 11.3 Å². The minimum Gasteiger partial charge on any atom is -0.453 e. The number of methoxy groups -OCH3 is 1. The number of nitrogens with zero attached hydrogens (tertiary/aromatic N) is 1. The molecule has 2 aromatic rings. The van der Waals surface area contributed by atoms with Crippen LogP contribution in [0.2, 0.25) is 0 Å². The highest BCUT2D eigenvalue weighted by Gasteiger charge is 2.14. The quantitative estimate of drug-likeness (QED) is 0.854. The van der Waals surface area contributed by atoms with E-state index < -0.39 is 0 Å². The monoisotopic (exact) mass is 302 g/mol. The third-order valence-corrected chi connectivity index (χ3v) is 3.55. The third-order valence-electron chi connectivity index (χ3n) is 3.55. The first kappa shape index (κ1) is 16.1. The van der Waals surface area contributed by atoms with Crippen LogP contribution in [0.3, 0.4) is 0 Å². The lowest BCUT2D eigenvalue weighted by molar-refractivity contribution is 0.0915. The van der Waals surface area contributed by atoms with Crippen LogP contribution in [-0.4, -0.2) is 32.7 Å². The molecule has 118 valence electrons. The van der Waals surface area contributed by atoms with Gasteiger partial charge in [-0.05, 0) is 31.2 Å². The number of hydrogen-bond acceptors (Lipinski definition) is 4. The SMILES string of the molecule is COCc1ccc(C(=O)NCC(C)N(C)c2ccccc2)o1. The maximum Gasteiger partial charge on any atom is 0.287 e. The molecule has 1 heterocycles. The number of anilines is 1. The van der Waals surface area contributed by atoms with Gasteiger partial charge in [-0.3, -0.25) is 4.79 Å². The summed E-state index contributed by atoms with van der Waals surface area (Å²) in [6, 6.07) is 13.6. The van der Waals surface area contributed by atoms with Crippen molar-refractivity contribution in [3.8, 4) is 0 Å². The molecule has 0 bridgehead atoms. The van der Waals surface area contributed by atoms with Crippen LogP contribution in [0.25, 0.3) is 0 Å². The predicted molar refractivity (Wildman–Crippen MR) is 86.1 cm³/mol. The van der Waals surface area contributed by atoms with E-state index in [-0.39, 0.29) is 11.9 Å². The highest BCUT2D eigenvalue weighted by Crippen LogP contribution is 2.14. The maximum absolute atomic E-state index is 12.1. The van der Waals surface area contributed by atoms with E-state index >= 15 is 0 Å². The number of nitrogens with one attached hydrogen (secondary N) is 1. The lowest BCUT2D eigenvalue weighted by Gasteiger charge is -2.27. The number of benzene rings is 1. The molecule has 0 aliphatic carbocycles. The Labute approximate surface area is 130 Å². The standard InChI is InChI=1S/C17H22N2O3/c1-13(19(2)14-7-5-4-6-8-14)11-18-17(20)16-10-9-15(22-16)12-21-3/h4-10,13H,11-12H2,1-3H3,(H,18,20). The number of rotatable bonds is 7. The molecular weight excluding hydrogens is 280 g/mol. The zero-order chi connectivity index (χ0) is 15.9.